The lowest BCUT2D eigenvalue weighted by molar-refractivity contribution is -0.124. The van der Waals surface area contributed by atoms with Gasteiger partial charge in [0.1, 0.15) is 5.76 Å². The number of piperazine rings is 1. The van der Waals surface area contributed by atoms with Gasteiger partial charge < -0.3 is 15.2 Å². The summed E-state index contributed by atoms with van der Waals surface area (Å²) in [5.74, 6) is 1.04. The molecule has 1 aromatic heterocycles. The van der Waals surface area contributed by atoms with Crippen LogP contribution in [0.1, 0.15) is 19.6 Å². The molecule has 2 amide bonds. The highest BCUT2D eigenvalue weighted by molar-refractivity contribution is 5.91. The lowest BCUT2D eigenvalue weighted by Gasteiger charge is -2.33. The van der Waals surface area contributed by atoms with Crippen molar-refractivity contribution < 1.29 is 14.1 Å². The molecule has 0 radical (unpaired) electrons. The number of nitrogens with one attached hydrogen (secondary N) is 2. The Kier molecular flexibility index (Phi) is 6.12. The van der Waals surface area contributed by atoms with Gasteiger partial charge in [-0.15, -0.1) is 0 Å². The maximum Gasteiger partial charge on any atom is 0.239 e. The minimum absolute atomic E-state index is 0.0487. The van der Waals surface area contributed by atoms with E-state index in [1.807, 2.05) is 13.8 Å². The number of carbonyl (C=O) groups excluding carboxylic acids is 2. The Balaban J connectivity index is 1.68. The average Bonchev–Trinajstić information content (AvgIpc) is 2.85. The molecule has 1 aliphatic rings. The quantitative estimate of drug-likeness (QED) is 0.769. The van der Waals surface area contributed by atoms with Crippen molar-refractivity contribution >= 4 is 17.6 Å². The molecule has 128 valence electrons. The van der Waals surface area contributed by atoms with Gasteiger partial charge in [0.05, 0.1) is 13.1 Å². The maximum atomic E-state index is 12.0. The van der Waals surface area contributed by atoms with Gasteiger partial charge in [-0.25, -0.2) is 0 Å². The Morgan fingerprint density at radius 3 is 2.22 bits per heavy atom. The Morgan fingerprint density at radius 2 is 1.74 bits per heavy atom. The number of anilines is 1. The third kappa shape index (κ3) is 5.99. The zero-order valence-electron chi connectivity index (χ0n) is 14.0. The lowest BCUT2D eigenvalue weighted by atomic mass is 10.3. The van der Waals surface area contributed by atoms with Gasteiger partial charge in [0.15, 0.2) is 5.82 Å². The van der Waals surface area contributed by atoms with Gasteiger partial charge in [0, 0.05) is 38.3 Å². The Bertz CT molecular complexity index is 535. The second kappa shape index (κ2) is 8.07. The molecular weight excluding hydrogens is 298 g/mol. The summed E-state index contributed by atoms with van der Waals surface area (Å²) in [5.41, 5.74) is 0. The molecule has 2 rings (SSSR count). The van der Waals surface area contributed by atoms with Crippen LogP contribution in [0, 0.1) is 6.92 Å². The summed E-state index contributed by atoms with van der Waals surface area (Å²) in [6.45, 7) is 9.49. The molecule has 0 atom stereocenters. The first-order valence-corrected chi connectivity index (χ1v) is 7.89. The van der Waals surface area contributed by atoms with Crippen LogP contribution in [0.4, 0.5) is 5.82 Å². The van der Waals surface area contributed by atoms with E-state index >= 15 is 0 Å². The number of hydrogen-bond donors (Lipinski definition) is 2. The summed E-state index contributed by atoms with van der Waals surface area (Å²) in [6.07, 6.45) is 0. The molecule has 2 N–H and O–H groups in total. The van der Waals surface area contributed by atoms with Crippen LogP contribution in [0.2, 0.25) is 0 Å². The molecule has 8 heteroatoms. The van der Waals surface area contributed by atoms with Crippen LogP contribution in [0.5, 0.6) is 0 Å². The van der Waals surface area contributed by atoms with Gasteiger partial charge in [0.25, 0.3) is 0 Å². The van der Waals surface area contributed by atoms with Gasteiger partial charge in [-0.3, -0.25) is 19.4 Å². The van der Waals surface area contributed by atoms with Crippen LogP contribution in [0.25, 0.3) is 0 Å². The lowest BCUT2D eigenvalue weighted by Crippen LogP contribution is -2.51. The molecule has 1 fully saturated rings. The fourth-order valence-electron chi connectivity index (χ4n) is 2.49. The zero-order chi connectivity index (χ0) is 16.8. The van der Waals surface area contributed by atoms with E-state index in [-0.39, 0.29) is 17.9 Å². The van der Waals surface area contributed by atoms with E-state index in [1.165, 1.54) is 0 Å². The highest BCUT2D eigenvalue weighted by atomic mass is 16.5. The summed E-state index contributed by atoms with van der Waals surface area (Å²) in [4.78, 5) is 27.9. The number of hydrogen-bond acceptors (Lipinski definition) is 6. The largest absolute Gasteiger partial charge is 0.360 e. The van der Waals surface area contributed by atoms with Gasteiger partial charge in [-0.2, -0.15) is 0 Å². The van der Waals surface area contributed by atoms with Crippen molar-refractivity contribution in [2.45, 2.75) is 26.8 Å². The second-order valence-corrected chi connectivity index (χ2v) is 6.15. The molecule has 0 unspecified atom stereocenters. The minimum Gasteiger partial charge on any atom is -0.360 e. The number of aromatic nitrogens is 1. The van der Waals surface area contributed by atoms with E-state index in [0.29, 0.717) is 24.7 Å². The van der Waals surface area contributed by atoms with Crippen molar-refractivity contribution in [1.29, 1.82) is 0 Å². The Morgan fingerprint density at radius 1 is 1.17 bits per heavy atom. The van der Waals surface area contributed by atoms with Gasteiger partial charge in [-0.1, -0.05) is 5.16 Å². The van der Waals surface area contributed by atoms with Crippen LogP contribution < -0.4 is 10.6 Å². The highest BCUT2D eigenvalue weighted by Crippen LogP contribution is 2.07. The predicted octanol–water partition coefficient (Wildman–Crippen LogP) is 0.0637. The zero-order valence-corrected chi connectivity index (χ0v) is 14.0. The second-order valence-electron chi connectivity index (χ2n) is 6.15. The van der Waals surface area contributed by atoms with Gasteiger partial charge >= 0.3 is 0 Å². The molecular formula is C15H25N5O3. The number of rotatable bonds is 6. The minimum atomic E-state index is -0.107. The first-order chi connectivity index (χ1) is 10.9. The summed E-state index contributed by atoms with van der Waals surface area (Å²) < 4.78 is 4.91. The third-order valence-corrected chi connectivity index (χ3v) is 3.54. The molecule has 0 aromatic carbocycles. The Labute approximate surface area is 136 Å². The molecule has 0 saturated carbocycles. The van der Waals surface area contributed by atoms with E-state index in [1.54, 1.807) is 13.0 Å². The van der Waals surface area contributed by atoms with Crippen LogP contribution in [-0.4, -0.2) is 72.1 Å². The Hall–Kier alpha value is -1.93. The third-order valence-electron chi connectivity index (χ3n) is 3.54. The topological polar surface area (TPSA) is 90.7 Å². The average molecular weight is 323 g/mol. The molecule has 1 aliphatic heterocycles. The first-order valence-electron chi connectivity index (χ1n) is 7.89. The van der Waals surface area contributed by atoms with Crippen LogP contribution >= 0.6 is 0 Å². The van der Waals surface area contributed by atoms with Crippen molar-refractivity contribution in [3.05, 3.63) is 11.8 Å². The molecule has 23 heavy (non-hydrogen) atoms. The van der Waals surface area contributed by atoms with E-state index < -0.39 is 0 Å². The van der Waals surface area contributed by atoms with Crippen molar-refractivity contribution in [1.82, 2.24) is 20.3 Å². The molecule has 0 spiro atoms. The monoisotopic (exact) mass is 323 g/mol. The maximum absolute atomic E-state index is 12.0. The van der Waals surface area contributed by atoms with E-state index in [0.717, 1.165) is 26.2 Å². The number of nitrogens with zero attached hydrogens (tertiary/aromatic N) is 3. The molecule has 0 bridgehead atoms. The standard InChI is InChI=1S/C15H25N5O3/c1-11(2)16-14(21)9-19-4-6-20(7-5-19)10-15(22)17-13-8-12(3)23-18-13/h8,11H,4-7,9-10H2,1-3H3,(H,16,21)(H,17,18,22). The molecule has 0 aliphatic carbocycles. The number of carbonyl (C=O) groups is 2. The van der Waals surface area contributed by atoms with Gasteiger partial charge in [0.2, 0.25) is 11.8 Å². The van der Waals surface area contributed by atoms with Crippen molar-refractivity contribution in [2.24, 2.45) is 0 Å². The smallest absolute Gasteiger partial charge is 0.239 e. The predicted molar refractivity (Wildman–Crippen MR) is 86.0 cm³/mol. The van der Waals surface area contributed by atoms with E-state index in [9.17, 15) is 9.59 Å². The molecule has 1 aromatic rings. The molecule has 8 nitrogen and oxygen atoms in total. The molecule has 1 saturated heterocycles. The SMILES string of the molecule is Cc1cc(NC(=O)CN2CCN(CC(=O)NC(C)C)CC2)no1. The van der Waals surface area contributed by atoms with Crippen LogP contribution in [0.15, 0.2) is 10.6 Å². The highest BCUT2D eigenvalue weighted by Gasteiger charge is 2.21. The van der Waals surface area contributed by atoms with E-state index in [4.69, 9.17) is 4.52 Å². The van der Waals surface area contributed by atoms with Crippen molar-refractivity contribution in [3.63, 3.8) is 0 Å². The van der Waals surface area contributed by atoms with Crippen molar-refractivity contribution in [3.8, 4) is 0 Å². The van der Waals surface area contributed by atoms with Crippen LogP contribution in [0.3, 0.4) is 0 Å². The summed E-state index contributed by atoms with van der Waals surface area (Å²) in [7, 11) is 0. The van der Waals surface area contributed by atoms with Gasteiger partial charge in [-0.05, 0) is 20.8 Å². The number of aryl methyl sites for hydroxylation is 1. The summed E-state index contributed by atoms with van der Waals surface area (Å²) in [6, 6.07) is 1.84. The molecule has 2 heterocycles. The summed E-state index contributed by atoms with van der Waals surface area (Å²) in [5, 5.41) is 9.34. The fraction of sp³-hybridized carbons (Fsp3) is 0.667. The van der Waals surface area contributed by atoms with Crippen LogP contribution in [-0.2, 0) is 9.59 Å². The van der Waals surface area contributed by atoms with Crippen molar-refractivity contribution in [2.75, 3.05) is 44.6 Å². The number of amides is 2. The van der Waals surface area contributed by atoms with E-state index in [2.05, 4.69) is 25.6 Å². The normalized spacial score (nSPS) is 16.5. The summed E-state index contributed by atoms with van der Waals surface area (Å²) >= 11 is 0. The fourth-order valence-corrected chi connectivity index (χ4v) is 2.49. The first kappa shape index (κ1) is 17.4.